The van der Waals surface area contributed by atoms with Crippen LogP contribution in [0.15, 0.2) is 83.9 Å². The number of aromatic nitrogens is 2. The van der Waals surface area contributed by atoms with Gasteiger partial charge in [0.1, 0.15) is 0 Å². The number of carbonyl (C=O) groups is 1. The van der Waals surface area contributed by atoms with Gasteiger partial charge < -0.3 is 4.74 Å². The number of ether oxygens (including phenoxy) is 1. The average Bonchev–Trinajstić information content (AvgIpc) is 3.21. The summed E-state index contributed by atoms with van der Waals surface area (Å²) < 4.78 is 34.2. The molecule has 0 bridgehead atoms. The molecule has 0 unspecified atom stereocenters. The van der Waals surface area contributed by atoms with Gasteiger partial charge in [0, 0.05) is 17.3 Å². The molecular formula is C26H25N3O4S. The van der Waals surface area contributed by atoms with Crippen LogP contribution in [0.5, 0.6) is 0 Å². The number of hydrogen-bond donors (Lipinski definition) is 1. The maximum absolute atomic E-state index is 12.9. The number of hydrogen-bond acceptors (Lipinski definition) is 5. The molecule has 1 heterocycles. The summed E-state index contributed by atoms with van der Waals surface area (Å²) >= 11 is 0. The fourth-order valence-corrected chi connectivity index (χ4v) is 4.82. The van der Waals surface area contributed by atoms with Gasteiger partial charge in [-0.3, -0.25) is 0 Å². The van der Waals surface area contributed by atoms with Gasteiger partial charge in [-0.1, -0.05) is 60.2 Å². The summed E-state index contributed by atoms with van der Waals surface area (Å²) in [5.41, 5.74) is 5.97. The lowest BCUT2D eigenvalue weighted by molar-refractivity contribution is 0.158. The minimum atomic E-state index is -4.11. The number of nitrogens with zero attached hydrogens (tertiary/aromatic N) is 2. The van der Waals surface area contributed by atoms with Crippen LogP contribution >= 0.6 is 0 Å². The van der Waals surface area contributed by atoms with Crippen molar-refractivity contribution in [3.05, 3.63) is 90.3 Å². The molecule has 0 spiro atoms. The third-order valence-electron chi connectivity index (χ3n) is 5.34. The second-order valence-corrected chi connectivity index (χ2v) is 9.46. The topological polar surface area (TPSA) is 90.3 Å². The van der Waals surface area contributed by atoms with Crippen LogP contribution in [0, 0.1) is 13.8 Å². The van der Waals surface area contributed by atoms with Crippen LogP contribution in [-0.4, -0.2) is 30.9 Å². The molecular weight excluding hydrogens is 450 g/mol. The Labute approximate surface area is 199 Å². The molecule has 1 N–H and O–H groups in total. The molecule has 4 rings (SSSR count). The van der Waals surface area contributed by atoms with Gasteiger partial charge in [0.2, 0.25) is 0 Å². The number of carbonyl (C=O) groups excluding carboxylic acids is 1. The van der Waals surface area contributed by atoms with Crippen molar-refractivity contribution in [2.24, 2.45) is 0 Å². The first-order chi connectivity index (χ1) is 16.3. The summed E-state index contributed by atoms with van der Waals surface area (Å²) in [5, 5.41) is 4.64. The number of rotatable bonds is 6. The van der Waals surface area contributed by atoms with Crippen molar-refractivity contribution in [2.75, 3.05) is 6.61 Å². The van der Waals surface area contributed by atoms with Crippen LogP contribution in [0.4, 0.5) is 4.79 Å². The van der Waals surface area contributed by atoms with E-state index in [9.17, 15) is 13.2 Å². The van der Waals surface area contributed by atoms with E-state index in [4.69, 9.17) is 4.74 Å². The molecule has 4 aromatic rings. The van der Waals surface area contributed by atoms with Gasteiger partial charge in [0.05, 0.1) is 22.9 Å². The molecule has 0 aliphatic carbocycles. The summed E-state index contributed by atoms with van der Waals surface area (Å²) in [6.45, 7) is 5.52. The monoisotopic (exact) mass is 475 g/mol. The van der Waals surface area contributed by atoms with E-state index in [-0.39, 0.29) is 11.5 Å². The minimum Gasteiger partial charge on any atom is -0.449 e. The van der Waals surface area contributed by atoms with Crippen molar-refractivity contribution in [1.29, 1.82) is 0 Å². The van der Waals surface area contributed by atoms with Crippen molar-refractivity contribution in [1.82, 2.24) is 14.5 Å². The Balaban J connectivity index is 1.68. The third-order valence-corrected chi connectivity index (χ3v) is 6.71. The first-order valence-electron chi connectivity index (χ1n) is 10.8. The summed E-state index contributed by atoms with van der Waals surface area (Å²) in [4.78, 5) is 11.8. The fraction of sp³-hybridized carbons (Fsp3) is 0.154. The lowest BCUT2D eigenvalue weighted by atomic mass is 10.0. The van der Waals surface area contributed by atoms with E-state index in [1.54, 1.807) is 23.7 Å². The van der Waals surface area contributed by atoms with Gasteiger partial charge in [-0.05, 0) is 50.1 Å². The van der Waals surface area contributed by atoms with Crippen molar-refractivity contribution in [3.63, 3.8) is 0 Å². The Hall–Kier alpha value is -3.91. The van der Waals surface area contributed by atoms with E-state index in [1.165, 1.54) is 6.07 Å². The Kier molecular flexibility index (Phi) is 6.51. The maximum atomic E-state index is 12.9. The van der Waals surface area contributed by atoms with Crippen molar-refractivity contribution >= 4 is 16.1 Å². The van der Waals surface area contributed by atoms with Crippen molar-refractivity contribution in [2.45, 2.75) is 25.7 Å². The fourth-order valence-electron chi connectivity index (χ4n) is 3.72. The Morgan fingerprint density at radius 1 is 0.941 bits per heavy atom. The molecule has 1 amide bonds. The SMILES string of the molecule is CCOC(=O)NS(=O)(=O)c1ccc(C)cc1-c1ccc(-n2cc(-c3ccccc3)c(C)n2)cc1. The van der Waals surface area contributed by atoms with Crippen LogP contribution < -0.4 is 4.72 Å². The van der Waals surface area contributed by atoms with E-state index in [1.807, 2.05) is 79.4 Å². The smallest absolute Gasteiger partial charge is 0.421 e. The van der Waals surface area contributed by atoms with Crippen LogP contribution in [0.25, 0.3) is 27.9 Å². The number of nitrogens with one attached hydrogen (secondary N) is 1. The molecule has 7 nitrogen and oxygen atoms in total. The zero-order valence-corrected chi connectivity index (χ0v) is 20.0. The van der Waals surface area contributed by atoms with Gasteiger partial charge in [-0.25, -0.2) is 22.6 Å². The number of benzene rings is 3. The molecule has 0 fully saturated rings. The summed E-state index contributed by atoms with van der Waals surface area (Å²) in [7, 11) is -4.11. The minimum absolute atomic E-state index is 0.000186. The molecule has 0 aliphatic rings. The highest BCUT2D eigenvalue weighted by atomic mass is 32.2. The molecule has 0 radical (unpaired) electrons. The second-order valence-electron chi connectivity index (χ2n) is 7.81. The largest absolute Gasteiger partial charge is 0.449 e. The summed E-state index contributed by atoms with van der Waals surface area (Å²) in [5.74, 6) is 0. The quantitative estimate of drug-likeness (QED) is 0.411. The number of aryl methyl sites for hydroxylation is 2. The third kappa shape index (κ3) is 4.87. The van der Waals surface area contributed by atoms with E-state index in [2.05, 4.69) is 5.10 Å². The lowest BCUT2D eigenvalue weighted by Gasteiger charge is -2.13. The Morgan fingerprint density at radius 2 is 1.62 bits per heavy atom. The predicted octanol–water partition coefficient (Wildman–Crippen LogP) is 5.26. The molecule has 0 saturated heterocycles. The highest BCUT2D eigenvalue weighted by Crippen LogP contribution is 2.30. The molecule has 0 atom stereocenters. The van der Waals surface area contributed by atoms with Gasteiger partial charge in [0.15, 0.2) is 0 Å². The summed E-state index contributed by atoms with van der Waals surface area (Å²) in [6, 6.07) is 22.4. The molecule has 0 aliphatic heterocycles. The van der Waals surface area contributed by atoms with Crippen molar-refractivity contribution in [3.8, 4) is 27.9 Å². The first kappa shape index (κ1) is 23.3. The Morgan fingerprint density at radius 3 is 2.29 bits per heavy atom. The second kappa shape index (κ2) is 9.52. The zero-order valence-electron chi connectivity index (χ0n) is 19.1. The predicted molar refractivity (Wildman–Crippen MR) is 131 cm³/mol. The molecule has 0 saturated carbocycles. The van der Waals surface area contributed by atoms with Crippen LogP contribution in [0.1, 0.15) is 18.2 Å². The highest BCUT2D eigenvalue weighted by molar-refractivity contribution is 7.90. The lowest BCUT2D eigenvalue weighted by Crippen LogP contribution is -2.31. The summed E-state index contributed by atoms with van der Waals surface area (Å²) in [6.07, 6.45) is 0.971. The van der Waals surface area contributed by atoms with Gasteiger partial charge in [0.25, 0.3) is 10.0 Å². The highest BCUT2D eigenvalue weighted by Gasteiger charge is 2.23. The van der Waals surface area contributed by atoms with E-state index in [0.29, 0.717) is 11.1 Å². The van der Waals surface area contributed by atoms with E-state index < -0.39 is 16.1 Å². The van der Waals surface area contributed by atoms with E-state index in [0.717, 1.165) is 28.1 Å². The molecule has 34 heavy (non-hydrogen) atoms. The standard InChI is InChI=1S/C26H25N3O4S/c1-4-33-26(30)28-34(31,32)25-15-10-18(2)16-23(25)21-11-13-22(14-12-21)29-17-24(19(3)27-29)20-8-6-5-7-9-20/h5-17H,4H2,1-3H3,(H,28,30). The van der Waals surface area contributed by atoms with Gasteiger partial charge in [-0.15, -0.1) is 0 Å². The van der Waals surface area contributed by atoms with Gasteiger partial charge >= 0.3 is 6.09 Å². The zero-order chi connectivity index (χ0) is 24.3. The maximum Gasteiger partial charge on any atom is 0.421 e. The molecule has 1 aromatic heterocycles. The van der Waals surface area contributed by atoms with Gasteiger partial charge in [-0.2, -0.15) is 5.10 Å². The van der Waals surface area contributed by atoms with Crippen LogP contribution in [0.3, 0.4) is 0 Å². The number of sulfonamides is 1. The van der Waals surface area contributed by atoms with Crippen molar-refractivity contribution < 1.29 is 17.9 Å². The average molecular weight is 476 g/mol. The number of amides is 1. The molecule has 174 valence electrons. The molecule has 8 heteroatoms. The molecule has 3 aromatic carbocycles. The van der Waals surface area contributed by atoms with E-state index >= 15 is 0 Å². The van der Waals surface area contributed by atoms with Crippen LogP contribution in [0.2, 0.25) is 0 Å². The Bertz CT molecular complexity index is 1430. The normalized spacial score (nSPS) is 11.3. The van der Waals surface area contributed by atoms with Crippen LogP contribution in [-0.2, 0) is 14.8 Å². The first-order valence-corrected chi connectivity index (χ1v) is 12.3.